The first-order chi connectivity index (χ1) is 7.76. The molecule has 1 rings (SSSR count). The number of carbonyl (C=O) groups is 1. The van der Waals surface area contributed by atoms with Crippen molar-refractivity contribution in [3.63, 3.8) is 0 Å². The van der Waals surface area contributed by atoms with Crippen LogP contribution in [0.5, 0.6) is 0 Å². The Morgan fingerprint density at radius 1 is 1.50 bits per heavy atom. The molecule has 1 aromatic carbocycles. The minimum absolute atomic E-state index is 0.217. The van der Waals surface area contributed by atoms with Crippen LogP contribution in [0.15, 0.2) is 30.3 Å². The molecule has 0 saturated carbocycles. The van der Waals surface area contributed by atoms with Crippen LogP contribution in [0.3, 0.4) is 0 Å². The summed E-state index contributed by atoms with van der Waals surface area (Å²) in [6.45, 7) is 2.04. The highest BCUT2D eigenvalue weighted by molar-refractivity contribution is 5.68. The Bertz CT molecular complexity index is 370. The number of hydrogen-bond donors (Lipinski definition) is 1. The Morgan fingerprint density at radius 2 is 2.19 bits per heavy atom. The monoisotopic (exact) mass is 218 g/mol. The number of nitrogens with one attached hydrogen (secondary N) is 1. The molecule has 0 aliphatic heterocycles. The number of carbonyl (C=O) groups excluding carboxylic acids is 1. The zero-order valence-corrected chi connectivity index (χ0v) is 9.14. The first-order valence-corrected chi connectivity index (χ1v) is 5.13. The van der Waals surface area contributed by atoms with Crippen LogP contribution in [0.4, 0.5) is 4.79 Å². The topological polar surface area (TPSA) is 62.1 Å². The van der Waals surface area contributed by atoms with Crippen molar-refractivity contribution in [3.05, 3.63) is 35.9 Å². The Morgan fingerprint density at radius 3 is 2.75 bits per heavy atom. The summed E-state index contributed by atoms with van der Waals surface area (Å²) in [6.07, 6.45) is 0.00831. The van der Waals surface area contributed by atoms with Gasteiger partial charge in [-0.2, -0.15) is 5.26 Å². The Hall–Kier alpha value is -2.02. The second-order valence-electron chi connectivity index (χ2n) is 3.30. The van der Waals surface area contributed by atoms with Crippen molar-refractivity contribution < 1.29 is 9.53 Å². The van der Waals surface area contributed by atoms with E-state index in [0.717, 1.165) is 5.56 Å². The zero-order valence-electron chi connectivity index (χ0n) is 9.14. The van der Waals surface area contributed by atoms with Gasteiger partial charge in [-0.25, -0.2) is 4.79 Å². The number of alkyl carbamates (subject to hydrolysis) is 1. The van der Waals surface area contributed by atoms with E-state index >= 15 is 0 Å². The van der Waals surface area contributed by atoms with E-state index in [1.807, 2.05) is 43.3 Å². The number of nitriles is 1. The molecular weight excluding hydrogens is 204 g/mol. The van der Waals surface area contributed by atoms with E-state index in [0.29, 0.717) is 6.42 Å². The minimum atomic E-state index is -0.558. The zero-order chi connectivity index (χ0) is 11.8. The number of amides is 1. The van der Waals surface area contributed by atoms with E-state index in [1.54, 1.807) is 0 Å². The van der Waals surface area contributed by atoms with Gasteiger partial charge in [0, 0.05) is 0 Å². The molecule has 4 heteroatoms. The molecule has 4 nitrogen and oxygen atoms in total. The highest BCUT2D eigenvalue weighted by atomic mass is 16.5. The lowest BCUT2D eigenvalue weighted by Crippen LogP contribution is -2.33. The molecule has 1 aromatic rings. The van der Waals surface area contributed by atoms with Crippen molar-refractivity contribution in [1.29, 1.82) is 5.26 Å². The molecule has 0 fully saturated rings. The third kappa shape index (κ3) is 4.01. The minimum Gasteiger partial charge on any atom is -0.445 e. The van der Waals surface area contributed by atoms with E-state index < -0.39 is 12.1 Å². The van der Waals surface area contributed by atoms with Gasteiger partial charge < -0.3 is 10.1 Å². The lowest BCUT2D eigenvalue weighted by atomic mass is 10.2. The summed E-state index contributed by atoms with van der Waals surface area (Å²) >= 11 is 0. The van der Waals surface area contributed by atoms with Crippen molar-refractivity contribution in [2.24, 2.45) is 0 Å². The Kier molecular flexibility index (Phi) is 4.87. The molecule has 0 aliphatic rings. The lowest BCUT2D eigenvalue weighted by Gasteiger charge is -2.09. The third-order valence-corrected chi connectivity index (χ3v) is 2.07. The number of rotatable bonds is 4. The number of hydrogen-bond acceptors (Lipinski definition) is 3. The highest BCUT2D eigenvalue weighted by Crippen LogP contribution is 2.00. The predicted octanol–water partition coefficient (Wildman–Crippen LogP) is 2.21. The molecular formula is C12H14N2O2. The predicted molar refractivity (Wildman–Crippen MR) is 59.5 cm³/mol. The molecule has 0 spiro atoms. The first kappa shape index (κ1) is 12.1. The number of nitrogens with zero attached hydrogens (tertiary/aromatic N) is 1. The molecule has 1 N–H and O–H groups in total. The molecule has 1 amide bonds. The van der Waals surface area contributed by atoms with Crippen molar-refractivity contribution in [2.45, 2.75) is 26.0 Å². The van der Waals surface area contributed by atoms with E-state index in [2.05, 4.69) is 5.32 Å². The molecule has 0 heterocycles. The molecule has 0 aromatic heterocycles. The summed E-state index contributed by atoms with van der Waals surface area (Å²) in [5, 5.41) is 11.1. The summed E-state index contributed by atoms with van der Waals surface area (Å²) in [4.78, 5) is 11.3. The molecule has 0 saturated heterocycles. The van der Waals surface area contributed by atoms with Crippen LogP contribution in [0.2, 0.25) is 0 Å². The number of benzene rings is 1. The summed E-state index contributed by atoms with van der Waals surface area (Å²) in [5.41, 5.74) is 0.919. The molecule has 84 valence electrons. The summed E-state index contributed by atoms with van der Waals surface area (Å²) in [6, 6.07) is 10.9. The van der Waals surface area contributed by atoms with Gasteiger partial charge in [-0.3, -0.25) is 0 Å². The standard InChI is InChI=1S/C12H14N2O2/c1-2-11(8-13)14-12(15)16-9-10-6-4-3-5-7-10/h3-7,11H,2,9H2,1H3,(H,14,15). The quantitative estimate of drug-likeness (QED) is 0.842. The average Bonchev–Trinajstić information content (AvgIpc) is 2.34. The third-order valence-electron chi connectivity index (χ3n) is 2.07. The normalized spacial score (nSPS) is 11.2. The molecule has 0 bridgehead atoms. The van der Waals surface area contributed by atoms with Crippen LogP contribution >= 0.6 is 0 Å². The largest absolute Gasteiger partial charge is 0.445 e. The van der Waals surface area contributed by atoms with Crippen LogP contribution < -0.4 is 5.32 Å². The van der Waals surface area contributed by atoms with Crippen LogP contribution in [0.1, 0.15) is 18.9 Å². The fourth-order valence-electron chi connectivity index (χ4n) is 1.13. The average molecular weight is 218 g/mol. The van der Waals surface area contributed by atoms with Gasteiger partial charge in [0.15, 0.2) is 0 Å². The molecule has 0 aliphatic carbocycles. The van der Waals surface area contributed by atoms with Gasteiger partial charge in [0.2, 0.25) is 0 Å². The maximum Gasteiger partial charge on any atom is 0.408 e. The van der Waals surface area contributed by atoms with Gasteiger partial charge in [-0.05, 0) is 12.0 Å². The van der Waals surface area contributed by atoms with Gasteiger partial charge in [0.05, 0.1) is 6.07 Å². The van der Waals surface area contributed by atoms with Crippen molar-refractivity contribution >= 4 is 6.09 Å². The fourth-order valence-corrected chi connectivity index (χ4v) is 1.13. The Balaban J connectivity index is 2.34. The van der Waals surface area contributed by atoms with Crippen molar-refractivity contribution in [3.8, 4) is 6.07 Å². The summed E-state index contributed by atoms with van der Waals surface area (Å²) in [7, 11) is 0. The van der Waals surface area contributed by atoms with Gasteiger partial charge >= 0.3 is 6.09 Å². The summed E-state index contributed by atoms with van der Waals surface area (Å²) in [5.74, 6) is 0. The number of ether oxygens (including phenoxy) is 1. The van der Waals surface area contributed by atoms with Gasteiger partial charge in [0.1, 0.15) is 12.6 Å². The molecule has 1 unspecified atom stereocenters. The second kappa shape index (κ2) is 6.46. The Labute approximate surface area is 94.8 Å². The van der Waals surface area contributed by atoms with Crippen LogP contribution in [-0.2, 0) is 11.3 Å². The SMILES string of the molecule is CCC(C#N)NC(=O)OCc1ccccc1. The molecule has 0 radical (unpaired) electrons. The highest BCUT2D eigenvalue weighted by Gasteiger charge is 2.09. The van der Waals surface area contributed by atoms with Crippen molar-refractivity contribution in [2.75, 3.05) is 0 Å². The van der Waals surface area contributed by atoms with Crippen molar-refractivity contribution in [1.82, 2.24) is 5.32 Å². The van der Waals surface area contributed by atoms with Gasteiger partial charge in [0.25, 0.3) is 0 Å². The van der Waals surface area contributed by atoms with Gasteiger partial charge in [-0.1, -0.05) is 37.3 Å². The maximum absolute atomic E-state index is 11.3. The summed E-state index contributed by atoms with van der Waals surface area (Å²) < 4.78 is 4.96. The smallest absolute Gasteiger partial charge is 0.408 e. The van der Waals surface area contributed by atoms with E-state index in [9.17, 15) is 4.79 Å². The van der Waals surface area contributed by atoms with Crippen LogP contribution in [-0.4, -0.2) is 12.1 Å². The van der Waals surface area contributed by atoms with E-state index in [4.69, 9.17) is 10.00 Å². The van der Waals surface area contributed by atoms with Crippen LogP contribution in [0, 0.1) is 11.3 Å². The maximum atomic E-state index is 11.3. The molecule has 16 heavy (non-hydrogen) atoms. The van der Waals surface area contributed by atoms with E-state index in [1.165, 1.54) is 0 Å². The lowest BCUT2D eigenvalue weighted by molar-refractivity contribution is 0.137. The molecule has 1 atom stereocenters. The second-order valence-corrected chi connectivity index (χ2v) is 3.30. The fraction of sp³-hybridized carbons (Fsp3) is 0.333. The van der Waals surface area contributed by atoms with E-state index in [-0.39, 0.29) is 6.61 Å². The van der Waals surface area contributed by atoms with Gasteiger partial charge in [-0.15, -0.1) is 0 Å². The first-order valence-electron chi connectivity index (χ1n) is 5.13. The van der Waals surface area contributed by atoms with Crippen LogP contribution in [0.25, 0.3) is 0 Å².